The number of hydrogen-bond acceptors (Lipinski definition) is 1. The molecule has 0 radical (unpaired) electrons. The third kappa shape index (κ3) is 4.54. The molecular weight excluding hydrogens is 308 g/mol. The van der Waals surface area contributed by atoms with Crippen molar-refractivity contribution in [2.24, 2.45) is 0 Å². The summed E-state index contributed by atoms with van der Waals surface area (Å²) >= 11 is 4.37. The van der Waals surface area contributed by atoms with E-state index in [4.69, 9.17) is 0 Å². The van der Waals surface area contributed by atoms with E-state index in [2.05, 4.69) is 74.2 Å². The summed E-state index contributed by atoms with van der Waals surface area (Å²) in [6.45, 7) is 2.26. The molecule has 1 atom stereocenters. The molecule has 0 fully saturated rings. The van der Waals surface area contributed by atoms with Crippen LogP contribution in [0.5, 0.6) is 0 Å². The van der Waals surface area contributed by atoms with E-state index in [-0.39, 0.29) is 0 Å². The minimum Gasteiger partial charge on any atom is -0.143 e. The average Bonchev–Trinajstić information content (AvgIpc) is 2.63. The van der Waals surface area contributed by atoms with E-state index in [9.17, 15) is 0 Å². The monoisotopic (exact) mass is 336 g/mol. The van der Waals surface area contributed by atoms with Crippen molar-refractivity contribution in [3.8, 4) is 0 Å². The molecule has 0 amide bonds. The summed E-state index contributed by atoms with van der Waals surface area (Å²) < 4.78 is 0. The highest BCUT2D eigenvalue weighted by Crippen LogP contribution is 2.36. The number of rotatable bonds is 6. The molecular formula is C23H28S. The van der Waals surface area contributed by atoms with E-state index in [0.29, 0.717) is 5.92 Å². The summed E-state index contributed by atoms with van der Waals surface area (Å²) in [7, 11) is 0. The first-order chi connectivity index (χ1) is 11.8. The Hall–Kier alpha value is -1.47. The first-order valence-corrected chi connectivity index (χ1v) is 9.78. The largest absolute Gasteiger partial charge is 0.143 e. The highest BCUT2D eigenvalue weighted by atomic mass is 32.1. The molecule has 2 aromatic carbocycles. The molecule has 1 heteroatoms. The number of aryl methyl sites for hydroxylation is 1. The SMILES string of the molecule is CCCCCc1ccc(C2CC=C(c3ccc(S)cc3)CC2)cc1. The minimum atomic E-state index is 0.683. The first kappa shape index (κ1) is 17.4. The molecule has 0 saturated carbocycles. The van der Waals surface area contributed by atoms with Crippen LogP contribution in [0.15, 0.2) is 59.5 Å². The van der Waals surface area contributed by atoms with Crippen LogP contribution in [0, 0.1) is 0 Å². The van der Waals surface area contributed by atoms with Crippen molar-refractivity contribution in [2.45, 2.75) is 62.7 Å². The molecule has 0 aromatic heterocycles. The molecule has 0 heterocycles. The van der Waals surface area contributed by atoms with Gasteiger partial charge in [0.15, 0.2) is 0 Å². The number of benzene rings is 2. The molecule has 1 aliphatic carbocycles. The lowest BCUT2D eigenvalue weighted by Gasteiger charge is -2.23. The van der Waals surface area contributed by atoms with Crippen LogP contribution in [0.4, 0.5) is 0 Å². The number of unbranched alkanes of at least 4 members (excludes halogenated alkanes) is 2. The van der Waals surface area contributed by atoms with Gasteiger partial charge in [0.05, 0.1) is 0 Å². The smallest absolute Gasteiger partial charge is 0.00403 e. The zero-order chi connectivity index (χ0) is 16.8. The Morgan fingerprint density at radius 3 is 2.33 bits per heavy atom. The fraction of sp³-hybridized carbons (Fsp3) is 0.391. The van der Waals surface area contributed by atoms with Gasteiger partial charge in [-0.2, -0.15) is 0 Å². The van der Waals surface area contributed by atoms with Gasteiger partial charge in [0.25, 0.3) is 0 Å². The molecule has 3 rings (SSSR count). The Morgan fingerprint density at radius 2 is 1.71 bits per heavy atom. The fourth-order valence-corrected chi connectivity index (χ4v) is 3.76. The molecule has 0 nitrogen and oxygen atoms in total. The van der Waals surface area contributed by atoms with E-state index < -0.39 is 0 Å². The molecule has 0 N–H and O–H groups in total. The van der Waals surface area contributed by atoms with Crippen LogP contribution >= 0.6 is 12.6 Å². The molecule has 0 bridgehead atoms. The summed E-state index contributed by atoms with van der Waals surface area (Å²) in [6.07, 6.45) is 11.2. The van der Waals surface area contributed by atoms with Gasteiger partial charge in [-0.15, -0.1) is 12.6 Å². The summed E-state index contributed by atoms with van der Waals surface area (Å²) in [5.74, 6) is 0.683. The summed E-state index contributed by atoms with van der Waals surface area (Å²) in [6, 6.07) is 18.0. The van der Waals surface area contributed by atoms with Crippen LogP contribution in [0.25, 0.3) is 5.57 Å². The van der Waals surface area contributed by atoms with Gasteiger partial charge >= 0.3 is 0 Å². The van der Waals surface area contributed by atoms with Gasteiger partial charge in [0, 0.05) is 4.90 Å². The molecule has 24 heavy (non-hydrogen) atoms. The molecule has 126 valence electrons. The van der Waals surface area contributed by atoms with Crippen LogP contribution < -0.4 is 0 Å². The summed E-state index contributed by atoms with van der Waals surface area (Å²) in [4.78, 5) is 1.03. The molecule has 1 unspecified atom stereocenters. The van der Waals surface area contributed by atoms with Crippen LogP contribution in [0.3, 0.4) is 0 Å². The molecule has 1 aliphatic rings. The quantitative estimate of drug-likeness (QED) is 0.423. The minimum absolute atomic E-state index is 0.683. The lowest BCUT2D eigenvalue weighted by atomic mass is 9.82. The summed E-state index contributed by atoms with van der Waals surface area (Å²) in [5, 5.41) is 0. The predicted octanol–water partition coefficient (Wildman–Crippen LogP) is 7.06. The van der Waals surface area contributed by atoms with Gasteiger partial charge in [-0.1, -0.05) is 62.2 Å². The fourth-order valence-electron chi connectivity index (χ4n) is 3.61. The normalized spacial score (nSPS) is 17.6. The van der Waals surface area contributed by atoms with Crippen molar-refractivity contribution in [1.82, 2.24) is 0 Å². The molecule has 0 spiro atoms. The Bertz CT molecular complexity index is 664. The Labute approximate surface area is 152 Å². The van der Waals surface area contributed by atoms with E-state index in [1.54, 1.807) is 0 Å². The van der Waals surface area contributed by atoms with Crippen LogP contribution in [-0.2, 0) is 6.42 Å². The van der Waals surface area contributed by atoms with Crippen LogP contribution in [-0.4, -0.2) is 0 Å². The molecule has 0 aliphatic heterocycles. The second-order valence-electron chi connectivity index (χ2n) is 6.95. The Kier molecular flexibility index (Phi) is 6.20. The van der Waals surface area contributed by atoms with E-state index in [1.807, 2.05) is 0 Å². The van der Waals surface area contributed by atoms with Crippen molar-refractivity contribution >= 4 is 18.2 Å². The maximum Gasteiger partial charge on any atom is 0.00403 e. The van der Waals surface area contributed by atoms with Crippen molar-refractivity contribution in [1.29, 1.82) is 0 Å². The first-order valence-electron chi connectivity index (χ1n) is 9.33. The summed E-state index contributed by atoms with van der Waals surface area (Å²) in [5.41, 5.74) is 5.86. The number of allylic oxidation sites excluding steroid dienone is 2. The molecule has 0 saturated heterocycles. The molecule has 2 aromatic rings. The predicted molar refractivity (Wildman–Crippen MR) is 108 cm³/mol. The third-order valence-electron chi connectivity index (χ3n) is 5.17. The topological polar surface area (TPSA) is 0 Å². The third-order valence-corrected chi connectivity index (χ3v) is 5.47. The van der Waals surface area contributed by atoms with Crippen LogP contribution in [0.1, 0.15) is 68.1 Å². The van der Waals surface area contributed by atoms with Gasteiger partial charge in [-0.25, -0.2) is 0 Å². The lowest BCUT2D eigenvalue weighted by Crippen LogP contribution is -2.04. The zero-order valence-electron chi connectivity index (χ0n) is 14.7. The van der Waals surface area contributed by atoms with Gasteiger partial charge in [-0.3, -0.25) is 0 Å². The zero-order valence-corrected chi connectivity index (χ0v) is 15.6. The average molecular weight is 337 g/mol. The maximum atomic E-state index is 4.37. The Balaban J connectivity index is 1.60. The van der Waals surface area contributed by atoms with Crippen molar-refractivity contribution in [2.75, 3.05) is 0 Å². The van der Waals surface area contributed by atoms with Crippen molar-refractivity contribution in [3.05, 3.63) is 71.3 Å². The van der Waals surface area contributed by atoms with E-state index in [1.165, 1.54) is 60.8 Å². The highest BCUT2D eigenvalue weighted by Gasteiger charge is 2.17. The number of hydrogen-bond donors (Lipinski definition) is 1. The Morgan fingerprint density at radius 1 is 0.958 bits per heavy atom. The van der Waals surface area contributed by atoms with Gasteiger partial charge in [0.1, 0.15) is 0 Å². The van der Waals surface area contributed by atoms with Crippen molar-refractivity contribution in [3.63, 3.8) is 0 Å². The second-order valence-corrected chi connectivity index (χ2v) is 7.46. The lowest BCUT2D eigenvalue weighted by molar-refractivity contribution is 0.625. The number of thiol groups is 1. The second kappa shape index (κ2) is 8.58. The maximum absolute atomic E-state index is 4.37. The van der Waals surface area contributed by atoms with Crippen LogP contribution in [0.2, 0.25) is 0 Å². The van der Waals surface area contributed by atoms with Gasteiger partial charge in [0.2, 0.25) is 0 Å². The van der Waals surface area contributed by atoms with E-state index >= 15 is 0 Å². The highest BCUT2D eigenvalue weighted by molar-refractivity contribution is 7.80. The van der Waals surface area contributed by atoms with Crippen molar-refractivity contribution < 1.29 is 0 Å². The van der Waals surface area contributed by atoms with E-state index in [0.717, 1.165) is 11.3 Å². The van der Waals surface area contributed by atoms with Gasteiger partial charge < -0.3 is 0 Å². The standard InChI is InChI=1S/C23H28S/c1-2-3-4-5-18-6-8-19(9-7-18)20-10-12-21(13-11-20)22-14-16-23(24)17-15-22/h6-9,12,14-17,20,24H,2-5,10-11,13H2,1H3. The van der Waals surface area contributed by atoms with Gasteiger partial charge in [-0.05, 0) is 72.4 Å².